The number of para-hydroxylation sites is 1. The van der Waals surface area contributed by atoms with Crippen molar-refractivity contribution < 1.29 is 4.42 Å². The molecule has 0 bridgehead atoms. The van der Waals surface area contributed by atoms with Crippen LogP contribution in [0.5, 0.6) is 0 Å². The van der Waals surface area contributed by atoms with Gasteiger partial charge in [0.05, 0.1) is 0 Å². The first-order valence-corrected chi connectivity index (χ1v) is 20.0. The van der Waals surface area contributed by atoms with Crippen LogP contribution in [-0.4, -0.2) is 15.0 Å². The van der Waals surface area contributed by atoms with Gasteiger partial charge in [-0.15, -0.1) is 0 Å². The number of rotatable bonds is 4. The van der Waals surface area contributed by atoms with Gasteiger partial charge in [0.1, 0.15) is 11.2 Å². The Kier molecular flexibility index (Phi) is 7.39. The molecule has 0 amide bonds. The van der Waals surface area contributed by atoms with Crippen molar-refractivity contribution in [3.63, 3.8) is 0 Å². The van der Waals surface area contributed by atoms with Gasteiger partial charge in [-0.3, -0.25) is 0 Å². The second-order valence-corrected chi connectivity index (χ2v) is 15.4. The first kappa shape index (κ1) is 32.8. The molecule has 0 saturated heterocycles. The Labute approximate surface area is 335 Å². The number of nitrogens with zero attached hydrogens (tertiary/aromatic N) is 3. The minimum atomic E-state index is 0.0542. The van der Waals surface area contributed by atoms with Gasteiger partial charge >= 0.3 is 0 Å². The molecule has 58 heavy (non-hydrogen) atoms. The van der Waals surface area contributed by atoms with Gasteiger partial charge in [-0.1, -0.05) is 158 Å². The number of hydrogen-bond acceptors (Lipinski definition) is 4. The van der Waals surface area contributed by atoms with Gasteiger partial charge in [-0.05, 0) is 97.2 Å². The first-order chi connectivity index (χ1) is 28.7. The Morgan fingerprint density at radius 3 is 1.60 bits per heavy atom. The summed E-state index contributed by atoms with van der Waals surface area (Å²) in [6, 6.07) is 65.0. The summed E-state index contributed by atoms with van der Waals surface area (Å²) in [4.78, 5) is 16.2. The molecular weight excluding hydrogens is 707 g/mol. The van der Waals surface area contributed by atoms with Crippen LogP contribution < -0.4 is 0 Å². The minimum absolute atomic E-state index is 0.0542. The van der Waals surface area contributed by atoms with E-state index in [1.165, 1.54) is 38.6 Å². The van der Waals surface area contributed by atoms with Crippen LogP contribution in [-0.2, 0) is 6.42 Å². The fourth-order valence-corrected chi connectivity index (χ4v) is 9.42. The topological polar surface area (TPSA) is 51.8 Å². The number of hydrogen-bond donors (Lipinski definition) is 0. The largest absolute Gasteiger partial charge is 0.456 e. The molecule has 2 aromatic heterocycles. The number of benzene rings is 9. The summed E-state index contributed by atoms with van der Waals surface area (Å²) < 4.78 is 6.62. The molecule has 12 rings (SSSR count). The maximum Gasteiger partial charge on any atom is 0.164 e. The van der Waals surface area contributed by atoms with Crippen LogP contribution >= 0.6 is 0 Å². The molecule has 9 aromatic carbocycles. The summed E-state index contributed by atoms with van der Waals surface area (Å²) in [5.41, 5.74) is 11.0. The molecule has 4 nitrogen and oxygen atoms in total. The van der Waals surface area contributed by atoms with Gasteiger partial charge < -0.3 is 4.42 Å². The van der Waals surface area contributed by atoms with Crippen LogP contribution in [0, 0.1) is 0 Å². The molecular formula is C54H35N3O. The second kappa shape index (κ2) is 13.1. The quantitative estimate of drug-likeness (QED) is 0.180. The number of aryl methyl sites for hydroxylation is 1. The molecule has 0 radical (unpaired) electrons. The van der Waals surface area contributed by atoms with E-state index in [1.807, 2.05) is 6.07 Å². The molecule has 1 atom stereocenters. The van der Waals surface area contributed by atoms with E-state index in [0.717, 1.165) is 73.0 Å². The summed E-state index contributed by atoms with van der Waals surface area (Å²) in [6.45, 7) is 0. The van der Waals surface area contributed by atoms with Crippen LogP contribution in [0.3, 0.4) is 0 Å². The first-order valence-electron chi connectivity index (χ1n) is 20.0. The lowest BCUT2D eigenvalue weighted by atomic mass is 9.82. The Hall–Kier alpha value is -7.43. The molecule has 2 heterocycles. The minimum Gasteiger partial charge on any atom is -0.456 e. The number of fused-ring (bicyclic) bond motifs is 9. The molecule has 0 spiro atoms. The Balaban J connectivity index is 1.15. The van der Waals surface area contributed by atoms with Crippen molar-refractivity contribution >= 4 is 54.3 Å². The Morgan fingerprint density at radius 2 is 0.897 bits per heavy atom. The summed E-state index contributed by atoms with van der Waals surface area (Å²) in [7, 11) is 0. The molecule has 1 aliphatic rings. The van der Waals surface area contributed by atoms with Crippen LogP contribution in [0.15, 0.2) is 186 Å². The third-order valence-electron chi connectivity index (χ3n) is 12.2. The Morgan fingerprint density at radius 1 is 0.362 bits per heavy atom. The normalized spacial score (nSPS) is 13.9. The average molecular weight is 742 g/mol. The number of furan rings is 1. The average Bonchev–Trinajstić information content (AvgIpc) is 3.57. The third-order valence-corrected chi connectivity index (χ3v) is 12.2. The predicted molar refractivity (Wildman–Crippen MR) is 238 cm³/mol. The van der Waals surface area contributed by atoms with Gasteiger partial charge in [-0.25, -0.2) is 15.0 Å². The van der Waals surface area contributed by atoms with Gasteiger partial charge in [0.15, 0.2) is 17.5 Å². The molecule has 0 aliphatic heterocycles. The van der Waals surface area contributed by atoms with Crippen molar-refractivity contribution in [1.29, 1.82) is 0 Å². The predicted octanol–water partition coefficient (Wildman–Crippen LogP) is 14.0. The fraction of sp³-hybridized carbons (Fsp3) is 0.0556. The van der Waals surface area contributed by atoms with E-state index in [9.17, 15) is 0 Å². The molecule has 0 fully saturated rings. The van der Waals surface area contributed by atoms with Crippen molar-refractivity contribution in [2.45, 2.75) is 18.8 Å². The zero-order valence-electron chi connectivity index (χ0n) is 31.6. The van der Waals surface area contributed by atoms with Gasteiger partial charge in [0.25, 0.3) is 0 Å². The van der Waals surface area contributed by atoms with Crippen LogP contribution in [0.2, 0.25) is 0 Å². The molecule has 272 valence electrons. The van der Waals surface area contributed by atoms with Crippen molar-refractivity contribution in [1.82, 2.24) is 15.0 Å². The zero-order chi connectivity index (χ0) is 38.2. The van der Waals surface area contributed by atoms with Crippen molar-refractivity contribution in [3.8, 4) is 45.3 Å². The van der Waals surface area contributed by atoms with Crippen molar-refractivity contribution in [2.24, 2.45) is 0 Å². The molecule has 0 N–H and O–H groups in total. The van der Waals surface area contributed by atoms with E-state index < -0.39 is 0 Å². The van der Waals surface area contributed by atoms with E-state index in [0.29, 0.717) is 17.5 Å². The standard InChI is InChI=1S/C54H35N3O/c1-2-16-36-30-46-37(29-35(36)15-1)27-28-42(40-21-7-8-22-41(40)46)47-31-48-43-23-9-10-26-50(43)58-51(48)32-49(47)54-56-52(44-24-11-17-33-13-3-5-19-38(33)44)55-53(57-54)45-25-12-18-34-14-4-6-20-39(34)45/h1-26,29-32,42H,27-28H2/t42-/m1/s1. The van der Waals surface area contributed by atoms with E-state index in [1.54, 1.807) is 0 Å². The SMILES string of the molecule is c1ccc2c(c1)-c1cc3ccccc3cc1CC[C@H]2c1cc2c(cc1-c1nc(-c3cccc4ccccc34)nc(-c3cccc4ccccc34)n1)oc1ccccc12. The molecule has 11 aromatic rings. The maximum atomic E-state index is 6.62. The fourth-order valence-electron chi connectivity index (χ4n) is 9.42. The van der Waals surface area contributed by atoms with Gasteiger partial charge in [0.2, 0.25) is 0 Å². The van der Waals surface area contributed by atoms with Crippen molar-refractivity contribution in [3.05, 3.63) is 199 Å². The van der Waals surface area contributed by atoms with Crippen molar-refractivity contribution in [2.75, 3.05) is 0 Å². The lowest BCUT2D eigenvalue weighted by Crippen LogP contribution is -2.07. The van der Waals surface area contributed by atoms with E-state index >= 15 is 0 Å². The second-order valence-electron chi connectivity index (χ2n) is 15.4. The van der Waals surface area contributed by atoms with Crippen LogP contribution in [0.1, 0.15) is 29.0 Å². The smallest absolute Gasteiger partial charge is 0.164 e. The Bertz CT molecular complexity index is 3330. The van der Waals surface area contributed by atoms with E-state index in [2.05, 4.69) is 176 Å². The highest BCUT2D eigenvalue weighted by atomic mass is 16.3. The summed E-state index contributed by atoms with van der Waals surface area (Å²) >= 11 is 0. The number of aromatic nitrogens is 3. The molecule has 0 unspecified atom stereocenters. The molecule has 0 saturated carbocycles. The highest BCUT2D eigenvalue weighted by molar-refractivity contribution is 6.07. The maximum absolute atomic E-state index is 6.62. The lowest BCUT2D eigenvalue weighted by Gasteiger charge is -2.22. The molecule has 4 heteroatoms. The monoisotopic (exact) mass is 741 g/mol. The van der Waals surface area contributed by atoms with E-state index in [4.69, 9.17) is 19.4 Å². The van der Waals surface area contributed by atoms with Gasteiger partial charge in [0, 0.05) is 33.4 Å². The summed E-state index contributed by atoms with van der Waals surface area (Å²) in [5, 5.41) is 9.21. The summed E-state index contributed by atoms with van der Waals surface area (Å²) in [5.74, 6) is 1.96. The lowest BCUT2D eigenvalue weighted by molar-refractivity contribution is 0.668. The van der Waals surface area contributed by atoms with E-state index in [-0.39, 0.29) is 5.92 Å². The zero-order valence-corrected chi connectivity index (χ0v) is 31.6. The van der Waals surface area contributed by atoms with Gasteiger partial charge in [-0.2, -0.15) is 0 Å². The van der Waals surface area contributed by atoms with Crippen LogP contribution in [0.25, 0.3) is 99.5 Å². The third kappa shape index (κ3) is 5.26. The van der Waals surface area contributed by atoms with Crippen LogP contribution in [0.4, 0.5) is 0 Å². The highest BCUT2D eigenvalue weighted by Crippen LogP contribution is 2.47. The molecule has 1 aliphatic carbocycles. The summed E-state index contributed by atoms with van der Waals surface area (Å²) in [6.07, 6.45) is 1.86. The highest BCUT2D eigenvalue weighted by Gasteiger charge is 2.29.